The van der Waals surface area contributed by atoms with E-state index in [2.05, 4.69) is 0 Å². The lowest BCUT2D eigenvalue weighted by Gasteiger charge is -2.24. The van der Waals surface area contributed by atoms with E-state index in [1.165, 1.54) is 16.2 Å². The van der Waals surface area contributed by atoms with Crippen molar-refractivity contribution in [3.05, 3.63) is 88.5 Å². The highest BCUT2D eigenvalue weighted by molar-refractivity contribution is 7.22. The number of amides is 1. The predicted molar refractivity (Wildman–Crippen MR) is 157 cm³/mol. The number of benzene rings is 3. The Kier molecular flexibility index (Phi) is 6.91. The van der Waals surface area contributed by atoms with Crippen LogP contribution < -0.4 is 14.5 Å². The standard InChI is InChI=1S/C31H31N3O4S/c1-17(2)38-24-14-10-21(16-19(24)4)28(35)26-27(20-8-11-22(12-9-20)33(5)6)34(30(37)29(26)36)31-32-23-13-7-18(3)15-25(23)39-31/h7-17,27,35H,1-6H3/b28-26+. The molecule has 4 aromatic rings. The van der Waals surface area contributed by atoms with Crippen LogP contribution in [0.1, 0.15) is 42.1 Å². The van der Waals surface area contributed by atoms with Gasteiger partial charge in [0.25, 0.3) is 5.78 Å². The summed E-state index contributed by atoms with van der Waals surface area (Å²) in [5.41, 5.74) is 4.80. The smallest absolute Gasteiger partial charge is 0.301 e. The number of fused-ring (bicyclic) bond motifs is 1. The fourth-order valence-electron chi connectivity index (χ4n) is 4.76. The molecule has 1 fully saturated rings. The van der Waals surface area contributed by atoms with Crippen molar-refractivity contribution < 1.29 is 19.4 Å². The van der Waals surface area contributed by atoms with Crippen LogP contribution >= 0.6 is 11.3 Å². The molecule has 0 aliphatic carbocycles. The van der Waals surface area contributed by atoms with Gasteiger partial charge in [-0.2, -0.15) is 0 Å². The molecule has 2 heterocycles. The van der Waals surface area contributed by atoms with Crippen LogP contribution in [0.15, 0.2) is 66.2 Å². The molecule has 0 bridgehead atoms. The summed E-state index contributed by atoms with van der Waals surface area (Å²) in [6.07, 6.45) is -0.00351. The van der Waals surface area contributed by atoms with Crippen molar-refractivity contribution in [3.63, 3.8) is 0 Å². The van der Waals surface area contributed by atoms with Gasteiger partial charge in [0.15, 0.2) is 5.13 Å². The van der Waals surface area contributed by atoms with Gasteiger partial charge >= 0.3 is 5.91 Å². The Morgan fingerprint density at radius 2 is 1.74 bits per heavy atom. The Morgan fingerprint density at radius 3 is 2.38 bits per heavy atom. The number of carbonyl (C=O) groups is 2. The first-order valence-corrected chi connectivity index (χ1v) is 13.6. The van der Waals surface area contributed by atoms with Crippen LogP contribution in [0.2, 0.25) is 0 Å². The summed E-state index contributed by atoms with van der Waals surface area (Å²) >= 11 is 1.35. The van der Waals surface area contributed by atoms with Gasteiger partial charge in [0.05, 0.1) is 27.9 Å². The topological polar surface area (TPSA) is 83.0 Å². The molecule has 1 saturated heterocycles. The number of rotatable bonds is 6. The van der Waals surface area contributed by atoms with Crippen molar-refractivity contribution >= 4 is 49.8 Å². The van der Waals surface area contributed by atoms with E-state index in [0.29, 0.717) is 22.0 Å². The zero-order valence-electron chi connectivity index (χ0n) is 22.9. The highest BCUT2D eigenvalue weighted by Crippen LogP contribution is 2.45. The molecular formula is C31H31N3O4S. The zero-order chi connectivity index (χ0) is 28.0. The van der Waals surface area contributed by atoms with E-state index < -0.39 is 17.7 Å². The van der Waals surface area contributed by atoms with Crippen LogP contribution in [0.5, 0.6) is 5.75 Å². The maximum absolute atomic E-state index is 13.6. The Morgan fingerprint density at radius 1 is 1.03 bits per heavy atom. The van der Waals surface area contributed by atoms with Crippen molar-refractivity contribution in [2.75, 3.05) is 23.9 Å². The fraction of sp³-hybridized carbons (Fsp3) is 0.258. The molecule has 1 N–H and O–H groups in total. The average Bonchev–Trinajstić information content (AvgIpc) is 3.42. The molecule has 1 unspecified atom stereocenters. The largest absolute Gasteiger partial charge is 0.507 e. The van der Waals surface area contributed by atoms with Crippen molar-refractivity contribution in [1.82, 2.24) is 4.98 Å². The highest BCUT2D eigenvalue weighted by Gasteiger charge is 2.48. The summed E-state index contributed by atoms with van der Waals surface area (Å²) in [5, 5.41) is 11.9. The summed E-state index contributed by atoms with van der Waals surface area (Å²) in [4.78, 5) is 35.2. The van der Waals surface area contributed by atoms with Gasteiger partial charge in [-0.3, -0.25) is 14.5 Å². The number of aromatic nitrogens is 1. The summed E-state index contributed by atoms with van der Waals surface area (Å²) < 4.78 is 6.76. The second-order valence-corrected chi connectivity index (χ2v) is 11.3. The number of hydrogen-bond acceptors (Lipinski definition) is 7. The third kappa shape index (κ3) is 4.88. The van der Waals surface area contributed by atoms with Crippen LogP contribution in [-0.4, -0.2) is 42.0 Å². The molecule has 1 aromatic heterocycles. The number of ketones is 1. The lowest BCUT2D eigenvalue weighted by atomic mass is 9.94. The van der Waals surface area contributed by atoms with Crippen molar-refractivity contribution in [3.8, 4) is 5.75 Å². The zero-order valence-corrected chi connectivity index (χ0v) is 23.7. The van der Waals surface area contributed by atoms with E-state index in [1.54, 1.807) is 18.2 Å². The average molecular weight is 542 g/mol. The Hall–Kier alpha value is -4.17. The maximum Gasteiger partial charge on any atom is 0.301 e. The molecule has 8 heteroatoms. The van der Waals surface area contributed by atoms with Crippen molar-refractivity contribution in [2.24, 2.45) is 0 Å². The van der Waals surface area contributed by atoms with Gasteiger partial charge in [0, 0.05) is 25.3 Å². The molecule has 0 saturated carbocycles. The third-order valence-electron chi connectivity index (χ3n) is 6.72. The Balaban J connectivity index is 1.68. The first kappa shape index (κ1) is 26.4. The van der Waals surface area contributed by atoms with Gasteiger partial charge < -0.3 is 14.7 Å². The van der Waals surface area contributed by atoms with Gasteiger partial charge in [-0.25, -0.2) is 4.98 Å². The predicted octanol–water partition coefficient (Wildman–Crippen LogP) is 6.39. The minimum Gasteiger partial charge on any atom is -0.507 e. The number of ether oxygens (including phenoxy) is 1. The molecule has 1 aliphatic rings. The number of aliphatic hydroxyl groups is 1. The molecular weight excluding hydrogens is 510 g/mol. The van der Waals surface area contributed by atoms with Crippen LogP contribution in [0.25, 0.3) is 16.0 Å². The highest BCUT2D eigenvalue weighted by atomic mass is 32.1. The van der Waals surface area contributed by atoms with Gasteiger partial charge in [-0.1, -0.05) is 29.5 Å². The second-order valence-electron chi connectivity index (χ2n) is 10.3. The quantitative estimate of drug-likeness (QED) is 0.173. The molecule has 5 rings (SSSR count). The van der Waals surface area contributed by atoms with Gasteiger partial charge in [0.1, 0.15) is 11.5 Å². The van der Waals surface area contributed by atoms with Crippen molar-refractivity contribution in [1.29, 1.82) is 0 Å². The van der Waals surface area contributed by atoms with E-state index in [1.807, 2.05) is 89.2 Å². The van der Waals surface area contributed by atoms with E-state index in [-0.39, 0.29) is 17.4 Å². The van der Waals surface area contributed by atoms with Crippen LogP contribution in [0, 0.1) is 13.8 Å². The number of carbonyl (C=O) groups excluding carboxylic acids is 2. The first-order chi connectivity index (χ1) is 18.5. The molecule has 200 valence electrons. The molecule has 39 heavy (non-hydrogen) atoms. The van der Waals surface area contributed by atoms with Crippen molar-refractivity contribution in [2.45, 2.75) is 39.8 Å². The Bertz CT molecular complexity index is 1620. The molecule has 1 amide bonds. The van der Waals surface area contributed by atoms with E-state index in [4.69, 9.17) is 9.72 Å². The summed E-state index contributed by atoms with van der Waals surface area (Å²) in [7, 11) is 3.89. The minimum absolute atomic E-state index is 0.00351. The molecule has 1 aliphatic heterocycles. The number of Topliss-reactive ketones (excluding diaryl/α,β-unsaturated/α-hetero) is 1. The number of anilines is 2. The molecule has 0 radical (unpaired) electrons. The SMILES string of the molecule is Cc1ccc2nc(N3C(=O)C(=O)/C(=C(/O)c4ccc(OC(C)C)c(C)c4)C3c3ccc(N(C)C)cc3)sc2c1. The first-order valence-electron chi connectivity index (χ1n) is 12.8. The van der Waals surface area contributed by atoms with Gasteiger partial charge in [-0.05, 0) is 86.8 Å². The van der Waals surface area contributed by atoms with Gasteiger partial charge in [-0.15, -0.1) is 0 Å². The molecule has 3 aromatic carbocycles. The van der Waals surface area contributed by atoms with Crippen LogP contribution in [0.4, 0.5) is 10.8 Å². The molecule has 0 spiro atoms. The van der Waals surface area contributed by atoms with E-state index >= 15 is 0 Å². The lowest BCUT2D eigenvalue weighted by molar-refractivity contribution is -0.132. The number of hydrogen-bond donors (Lipinski definition) is 1. The number of thiazole rings is 1. The van der Waals surface area contributed by atoms with Crippen LogP contribution in [0.3, 0.4) is 0 Å². The minimum atomic E-state index is -0.838. The van der Waals surface area contributed by atoms with Crippen LogP contribution in [-0.2, 0) is 9.59 Å². The molecule has 1 atom stereocenters. The monoisotopic (exact) mass is 541 g/mol. The maximum atomic E-state index is 13.6. The number of aryl methyl sites for hydroxylation is 2. The Labute approximate surface area is 232 Å². The molecule has 7 nitrogen and oxygen atoms in total. The second kappa shape index (κ2) is 10.2. The number of nitrogens with zero attached hydrogens (tertiary/aromatic N) is 3. The van der Waals surface area contributed by atoms with E-state index in [0.717, 1.165) is 27.0 Å². The fourth-order valence-corrected chi connectivity index (χ4v) is 5.85. The summed E-state index contributed by atoms with van der Waals surface area (Å²) in [6, 6.07) is 17.9. The number of aliphatic hydroxyl groups excluding tert-OH is 1. The lowest BCUT2D eigenvalue weighted by Crippen LogP contribution is -2.29. The third-order valence-corrected chi connectivity index (χ3v) is 7.74. The van der Waals surface area contributed by atoms with E-state index in [9.17, 15) is 14.7 Å². The summed E-state index contributed by atoms with van der Waals surface area (Å²) in [5.74, 6) is -0.994. The summed E-state index contributed by atoms with van der Waals surface area (Å²) in [6.45, 7) is 7.77. The van der Waals surface area contributed by atoms with Gasteiger partial charge in [0.2, 0.25) is 0 Å². The normalized spacial score (nSPS) is 16.9.